The Labute approximate surface area is 172 Å². The summed E-state index contributed by atoms with van der Waals surface area (Å²) in [4.78, 5) is 24.5. The van der Waals surface area contributed by atoms with Gasteiger partial charge in [0.2, 0.25) is 0 Å². The highest BCUT2D eigenvalue weighted by atomic mass is 79.9. The van der Waals surface area contributed by atoms with Crippen LogP contribution in [-0.2, 0) is 6.42 Å². The van der Waals surface area contributed by atoms with Crippen molar-refractivity contribution in [1.29, 1.82) is 0 Å². The summed E-state index contributed by atoms with van der Waals surface area (Å²) in [6.07, 6.45) is 5.85. The second-order valence-corrected chi connectivity index (χ2v) is 8.53. The minimum atomic E-state index is -0.481. The molecule has 3 rings (SSSR count). The Kier molecular flexibility index (Phi) is 6.07. The van der Waals surface area contributed by atoms with Crippen LogP contribution in [0.5, 0.6) is 0 Å². The molecule has 0 bridgehead atoms. The van der Waals surface area contributed by atoms with E-state index in [0.29, 0.717) is 31.7 Å². The third kappa shape index (κ3) is 5.13. The lowest BCUT2D eigenvalue weighted by molar-refractivity contribution is 0.184. The van der Waals surface area contributed by atoms with Gasteiger partial charge >= 0.3 is 12.1 Å². The normalized spacial score (nSPS) is 24.4. The van der Waals surface area contributed by atoms with Crippen molar-refractivity contribution >= 4 is 28.0 Å². The molecule has 1 aliphatic heterocycles. The van der Waals surface area contributed by atoms with Gasteiger partial charge in [0.15, 0.2) is 0 Å². The van der Waals surface area contributed by atoms with Crippen molar-refractivity contribution < 1.29 is 14.0 Å². The van der Waals surface area contributed by atoms with Crippen LogP contribution in [0, 0.1) is 11.7 Å². The lowest BCUT2D eigenvalue weighted by atomic mass is 9.94. The molecule has 4 amide bonds. The van der Waals surface area contributed by atoms with Gasteiger partial charge < -0.3 is 10.6 Å². The monoisotopic (exact) mass is 450 g/mol. The number of benzene rings is 1. The van der Waals surface area contributed by atoms with Gasteiger partial charge in [-0.2, -0.15) is 0 Å². The topological polar surface area (TPSA) is 73.5 Å². The molecular weight excluding hydrogens is 427 g/mol. The molecule has 0 radical (unpaired) electrons. The fourth-order valence-corrected chi connectivity index (χ4v) is 3.61. The molecule has 0 aromatic heterocycles. The summed E-state index contributed by atoms with van der Waals surface area (Å²) in [5.74, 6) is 0.0287. The molecule has 2 atom stereocenters. The molecule has 150 valence electrons. The molecule has 2 unspecified atom stereocenters. The van der Waals surface area contributed by atoms with Crippen molar-refractivity contribution in [3.05, 3.63) is 58.0 Å². The average Bonchev–Trinajstić information content (AvgIpc) is 2.91. The van der Waals surface area contributed by atoms with Crippen molar-refractivity contribution in [2.75, 3.05) is 6.54 Å². The smallest absolute Gasteiger partial charge is 0.330 e. The van der Waals surface area contributed by atoms with Crippen LogP contribution in [0.3, 0.4) is 0 Å². The van der Waals surface area contributed by atoms with E-state index in [1.165, 1.54) is 17.1 Å². The van der Waals surface area contributed by atoms with E-state index in [9.17, 15) is 14.0 Å². The second kappa shape index (κ2) is 8.34. The first kappa shape index (κ1) is 20.4. The van der Waals surface area contributed by atoms with Gasteiger partial charge in [0.25, 0.3) is 0 Å². The summed E-state index contributed by atoms with van der Waals surface area (Å²) in [7, 11) is 0. The van der Waals surface area contributed by atoms with Crippen LogP contribution in [0.2, 0.25) is 0 Å². The van der Waals surface area contributed by atoms with Crippen molar-refractivity contribution in [1.82, 2.24) is 21.1 Å². The van der Waals surface area contributed by atoms with E-state index in [1.807, 2.05) is 19.1 Å². The highest BCUT2D eigenvalue weighted by molar-refractivity contribution is 9.11. The van der Waals surface area contributed by atoms with Crippen molar-refractivity contribution in [3.63, 3.8) is 0 Å². The Balaban J connectivity index is 1.52. The first-order valence-corrected chi connectivity index (χ1v) is 10.0. The van der Waals surface area contributed by atoms with Crippen LogP contribution >= 0.6 is 15.9 Å². The molecule has 3 N–H and O–H groups in total. The molecular formula is C20H24BrFN4O2. The first-order chi connectivity index (χ1) is 13.2. The van der Waals surface area contributed by atoms with E-state index in [0.717, 1.165) is 15.7 Å². The molecule has 1 heterocycles. The van der Waals surface area contributed by atoms with Gasteiger partial charge in [0, 0.05) is 5.70 Å². The molecule has 28 heavy (non-hydrogen) atoms. The number of carbonyl (C=O) groups is 2. The molecule has 8 heteroatoms. The van der Waals surface area contributed by atoms with Gasteiger partial charge in [-0.15, -0.1) is 0 Å². The zero-order chi connectivity index (χ0) is 20.3. The Bertz CT molecular complexity index is 824. The zero-order valence-electron chi connectivity index (χ0n) is 15.9. The zero-order valence-corrected chi connectivity index (χ0v) is 17.5. The van der Waals surface area contributed by atoms with E-state index in [4.69, 9.17) is 0 Å². The van der Waals surface area contributed by atoms with E-state index in [1.54, 1.807) is 12.1 Å². The van der Waals surface area contributed by atoms with Crippen molar-refractivity contribution in [3.8, 4) is 0 Å². The number of rotatable bonds is 5. The average molecular weight is 451 g/mol. The minimum absolute atomic E-state index is 0.268. The number of hydrazine groups is 1. The fraction of sp³-hybridized carbons (Fsp3) is 0.400. The largest absolute Gasteiger partial charge is 0.337 e. The predicted octanol–water partition coefficient (Wildman–Crippen LogP) is 3.96. The number of amides is 4. The van der Waals surface area contributed by atoms with Crippen LogP contribution in [0.1, 0.15) is 32.3 Å². The van der Waals surface area contributed by atoms with E-state index >= 15 is 0 Å². The number of carbonyl (C=O) groups excluding carboxylic acids is 2. The van der Waals surface area contributed by atoms with Gasteiger partial charge in [-0.1, -0.05) is 41.1 Å². The standard InChI is InChI=1S/C20H24BrFN4O2/c1-13-11-16(7-8-17(13)21)23-18(27)25-26-12-20(2,24-19(26)28)10-9-14-3-5-15(22)6-4-14/h3-8,13H,9-12H2,1-2H3,(H,24,28)(H2,23,25,27). The van der Waals surface area contributed by atoms with Gasteiger partial charge in [-0.25, -0.2) is 24.4 Å². The van der Waals surface area contributed by atoms with Crippen LogP contribution in [0.25, 0.3) is 0 Å². The van der Waals surface area contributed by atoms with Crippen LogP contribution in [0.4, 0.5) is 14.0 Å². The predicted molar refractivity (Wildman–Crippen MR) is 109 cm³/mol. The maximum Gasteiger partial charge on any atom is 0.337 e. The number of aryl methyl sites for hydroxylation is 1. The molecule has 6 nitrogen and oxygen atoms in total. The molecule has 0 spiro atoms. The number of nitrogens with zero attached hydrogens (tertiary/aromatic N) is 1. The van der Waals surface area contributed by atoms with Gasteiger partial charge in [-0.05, 0) is 60.4 Å². The Morgan fingerprint density at radius 3 is 2.75 bits per heavy atom. The van der Waals surface area contributed by atoms with Crippen LogP contribution in [-0.4, -0.2) is 29.2 Å². The van der Waals surface area contributed by atoms with E-state index in [-0.39, 0.29) is 11.8 Å². The van der Waals surface area contributed by atoms with Crippen LogP contribution < -0.4 is 16.1 Å². The van der Waals surface area contributed by atoms with Gasteiger partial charge in [0.05, 0.1) is 12.1 Å². The van der Waals surface area contributed by atoms with Crippen LogP contribution in [0.15, 0.2) is 46.6 Å². The fourth-order valence-electron chi connectivity index (χ4n) is 3.32. The maximum atomic E-state index is 13.0. The number of urea groups is 2. The molecule has 1 fully saturated rings. The summed E-state index contributed by atoms with van der Waals surface area (Å²) >= 11 is 3.48. The summed E-state index contributed by atoms with van der Waals surface area (Å²) in [6, 6.07) is 5.55. The number of nitrogens with one attached hydrogen (secondary N) is 3. The Morgan fingerprint density at radius 2 is 2.07 bits per heavy atom. The summed E-state index contributed by atoms with van der Waals surface area (Å²) in [6.45, 7) is 4.34. The Morgan fingerprint density at radius 1 is 1.36 bits per heavy atom. The number of hydrogen-bond acceptors (Lipinski definition) is 2. The summed E-state index contributed by atoms with van der Waals surface area (Å²) in [5.41, 5.74) is 3.93. The molecule has 0 saturated carbocycles. The quantitative estimate of drug-likeness (QED) is 0.634. The third-order valence-electron chi connectivity index (χ3n) is 4.99. The minimum Gasteiger partial charge on any atom is -0.330 e. The first-order valence-electron chi connectivity index (χ1n) is 9.22. The lowest BCUT2D eigenvalue weighted by Gasteiger charge is -2.24. The Hall–Kier alpha value is -2.35. The van der Waals surface area contributed by atoms with E-state index < -0.39 is 11.6 Å². The number of allylic oxidation sites excluding steroid dienone is 4. The molecule has 2 aliphatic rings. The third-order valence-corrected chi connectivity index (χ3v) is 6.04. The van der Waals surface area contributed by atoms with Crippen molar-refractivity contribution in [2.45, 2.75) is 38.6 Å². The maximum absolute atomic E-state index is 13.0. The molecule has 1 aromatic rings. The SMILES string of the molecule is CC1CC(NC(=O)NN2CC(C)(CCc3ccc(F)cc3)NC2=O)=CC=C1Br. The van der Waals surface area contributed by atoms with E-state index in [2.05, 4.69) is 38.9 Å². The summed E-state index contributed by atoms with van der Waals surface area (Å²) in [5, 5.41) is 7.01. The second-order valence-electron chi connectivity index (χ2n) is 7.62. The summed E-state index contributed by atoms with van der Waals surface area (Å²) < 4.78 is 14.1. The van der Waals surface area contributed by atoms with Crippen molar-refractivity contribution in [2.24, 2.45) is 5.92 Å². The molecule has 1 aromatic carbocycles. The highest BCUT2D eigenvalue weighted by Gasteiger charge is 2.39. The highest BCUT2D eigenvalue weighted by Crippen LogP contribution is 2.27. The number of halogens is 2. The molecule has 1 aliphatic carbocycles. The number of hydrogen-bond donors (Lipinski definition) is 3. The molecule has 1 saturated heterocycles. The van der Waals surface area contributed by atoms with Gasteiger partial charge in [-0.3, -0.25) is 0 Å². The van der Waals surface area contributed by atoms with Gasteiger partial charge in [0.1, 0.15) is 5.82 Å². The lowest BCUT2D eigenvalue weighted by Crippen LogP contribution is -2.48.